The highest BCUT2D eigenvalue weighted by molar-refractivity contribution is 5.85. The van der Waals surface area contributed by atoms with Crippen molar-refractivity contribution in [3.8, 4) is 22.6 Å². The molecule has 0 saturated carbocycles. The maximum Gasteiger partial charge on any atom is 0.513 e. The third-order valence-corrected chi connectivity index (χ3v) is 3.84. The molecule has 30 heavy (non-hydrogen) atoms. The van der Waals surface area contributed by atoms with Gasteiger partial charge in [-0.25, -0.2) is 9.59 Å². The van der Waals surface area contributed by atoms with Crippen molar-refractivity contribution in [2.45, 2.75) is 33.9 Å². The quantitative estimate of drug-likeness (QED) is 0.586. The summed E-state index contributed by atoms with van der Waals surface area (Å²) in [7, 11) is 0. The van der Waals surface area contributed by atoms with E-state index in [0.29, 0.717) is 0 Å². The lowest BCUT2D eigenvalue weighted by Gasteiger charge is -2.20. The molecule has 10 heteroatoms. The number of rotatable bonds is 5. The van der Waals surface area contributed by atoms with Crippen LogP contribution in [0.3, 0.4) is 0 Å². The Balaban J connectivity index is 2.82. The highest BCUT2D eigenvalue weighted by atomic mass is 19.4. The number of benzene rings is 1. The third kappa shape index (κ3) is 5.19. The van der Waals surface area contributed by atoms with E-state index in [4.69, 9.17) is 18.9 Å². The molecule has 0 N–H and O–H groups in total. The smallest absolute Gasteiger partial charge is 0.434 e. The van der Waals surface area contributed by atoms with Crippen molar-refractivity contribution >= 4 is 12.3 Å². The van der Waals surface area contributed by atoms with Crippen LogP contribution in [0.15, 0.2) is 24.3 Å². The van der Waals surface area contributed by atoms with Gasteiger partial charge in [0.05, 0.1) is 35.7 Å². The van der Waals surface area contributed by atoms with Gasteiger partial charge in [0.1, 0.15) is 0 Å². The van der Waals surface area contributed by atoms with Gasteiger partial charge < -0.3 is 18.9 Å². The first kappa shape index (κ1) is 23.0. The van der Waals surface area contributed by atoms with Crippen LogP contribution < -0.4 is 9.47 Å². The fraction of sp³-hybridized carbons (Fsp3) is 0.350. The van der Waals surface area contributed by atoms with E-state index in [0.717, 1.165) is 6.07 Å². The number of hydrogen-bond acceptors (Lipinski definition) is 7. The summed E-state index contributed by atoms with van der Waals surface area (Å²) in [5, 5.41) is 0. The molecule has 0 bridgehead atoms. The Kier molecular flexibility index (Phi) is 7.25. The SMILES string of the molecule is CCOC(=O)Oc1c(C)nc(C)c(OC(=O)OCC)c1-c1ccccc1C(F)(F)F. The van der Waals surface area contributed by atoms with Gasteiger partial charge in [0, 0.05) is 5.56 Å². The second kappa shape index (κ2) is 9.47. The van der Waals surface area contributed by atoms with E-state index in [1.165, 1.54) is 45.9 Å². The molecule has 0 aliphatic heterocycles. The number of aryl methyl sites for hydroxylation is 2. The van der Waals surface area contributed by atoms with Crippen molar-refractivity contribution in [1.29, 1.82) is 0 Å². The molecule has 0 saturated heterocycles. The molecule has 0 unspecified atom stereocenters. The summed E-state index contributed by atoms with van der Waals surface area (Å²) < 4.78 is 60.8. The number of hydrogen-bond donors (Lipinski definition) is 0. The molecule has 0 atom stereocenters. The second-order valence-corrected chi connectivity index (χ2v) is 5.93. The zero-order chi connectivity index (χ0) is 22.5. The molecule has 1 aromatic heterocycles. The Morgan fingerprint density at radius 3 is 1.80 bits per heavy atom. The minimum Gasteiger partial charge on any atom is -0.434 e. The highest BCUT2D eigenvalue weighted by Crippen LogP contribution is 2.46. The van der Waals surface area contributed by atoms with Crippen LogP contribution in [0.4, 0.5) is 22.8 Å². The van der Waals surface area contributed by atoms with E-state index in [1.54, 1.807) is 0 Å². The Morgan fingerprint density at radius 1 is 0.900 bits per heavy atom. The van der Waals surface area contributed by atoms with Gasteiger partial charge in [-0.3, -0.25) is 4.98 Å². The summed E-state index contributed by atoms with van der Waals surface area (Å²) in [6.45, 7) is 5.92. The predicted octanol–water partition coefficient (Wildman–Crippen LogP) is 5.45. The Bertz CT molecular complexity index is 899. The number of halogens is 3. The van der Waals surface area contributed by atoms with Crippen molar-refractivity contribution in [2.75, 3.05) is 13.2 Å². The molecule has 7 nitrogen and oxygen atoms in total. The largest absolute Gasteiger partial charge is 0.513 e. The summed E-state index contributed by atoms with van der Waals surface area (Å²) in [6, 6.07) is 4.62. The maximum atomic E-state index is 13.7. The van der Waals surface area contributed by atoms with Gasteiger partial charge in [-0.15, -0.1) is 0 Å². The van der Waals surface area contributed by atoms with E-state index in [-0.39, 0.29) is 47.2 Å². The van der Waals surface area contributed by atoms with Crippen LogP contribution in [-0.2, 0) is 15.7 Å². The van der Waals surface area contributed by atoms with Crippen LogP contribution in [0.1, 0.15) is 30.8 Å². The molecule has 2 rings (SSSR count). The molecule has 0 amide bonds. The van der Waals surface area contributed by atoms with Gasteiger partial charge in [-0.05, 0) is 33.8 Å². The molecule has 0 fully saturated rings. The summed E-state index contributed by atoms with van der Waals surface area (Å²) >= 11 is 0. The topological polar surface area (TPSA) is 84.0 Å². The van der Waals surface area contributed by atoms with E-state index in [1.807, 2.05) is 0 Å². The first-order valence-corrected chi connectivity index (χ1v) is 8.97. The summed E-state index contributed by atoms with van der Waals surface area (Å²) in [5.74, 6) is -0.648. The summed E-state index contributed by atoms with van der Waals surface area (Å²) in [5.41, 5.74) is -1.45. The van der Waals surface area contributed by atoms with E-state index in [9.17, 15) is 22.8 Å². The molecule has 0 spiro atoms. The Morgan fingerprint density at radius 2 is 1.37 bits per heavy atom. The standard InChI is InChI=1S/C20H20F3NO6/c1-5-27-18(25)29-16-11(3)24-12(4)17(30-19(26)28-6-2)15(16)13-9-7-8-10-14(13)20(21,22)23/h7-10H,5-6H2,1-4H3. The number of carbonyl (C=O) groups excluding carboxylic acids is 2. The van der Waals surface area contributed by atoms with Crippen molar-refractivity contribution in [3.05, 3.63) is 41.2 Å². The fourth-order valence-electron chi connectivity index (χ4n) is 2.72. The average molecular weight is 427 g/mol. The molecule has 0 aliphatic rings. The fourth-order valence-corrected chi connectivity index (χ4v) is 2.72. The minimum atomic E-state index is -4.73. The van der Waals surface area contributed by atoms with Crippen molar-refractivity contribution in [1.82, 2.24) is 4.98 Å². The van der Waals surface area contributed by atoms with E-state index < -0.39 is 24.1 Å². The lowest BCUT2D eigenvalue weighted by molar-refractivity contribution is -0.137. The predicted molar refractivity (Wildman–Crippen MR) is 99.4 cm³/mol. The van der Waals surface area contributed by atoms with E-state index in [2.05, 4.69) is 4.98 Å². The molecule has 162 valence electrons. The molecule has 2 aromatic rings. The first-order chi connectivity index (χ1) is 14.1. The van der Waals surface area contributed by atoms with Gasteiger partial charge in [-0.2, -0.15) is 13.2 Å². The van der Waals surface area contributed by atoms with Crippen molar-refractivity contribution < 1.29 is 41.7 Å². The first-order valence-electron chi connectivity index (χ1n) is 8.97. The number of ether oxygens (including phenoxy) is 4. The average Bonchev–Trinajstić information content (AvgIpc) is 2.65. The number of aromatic nitrogens is 1. The van der Waals surface area contributed by atoms with Crippen LogP contribution in [-0.4, -0.2) is 30.5 Å². The van der Waals surface area contributed by atoms with Gasteiger partial charge >= 0.3 is 18.5 Å². The normalized spacial score (nSPS) is 11.0. The molecule has 0 aliphatic carbocycles. The molecule has 0 radical (unpaired) electrons. The minimum absolute atomic E-state index is 0.0160. The van der Waals surface area contributed by atoms with Gasteiger partial charge in [-0.1, -0.05) is 18.2 Å². The van der Waals surface area contributed by atoms with Crippen LogP contribution in [0.5, 0.6) is 11.5 Å². The maximum absolute atomic E-state index is 13.7. The number of alkyl halides is 3. The summed E-state index contributed by atoms with van der Waals surface area (Å²) in [4.78, 5) is 28.0. The van der Waals surface area contributed by atoms with Crippen LogP contribution in [0, 0.1) is 13.8 Å². The van der Waals surface area contributed by atoms with Crippen LogP contribution in [0.2, 0.25) is 0 Å². The van der Waals surface area contributed by atoms with Crippen LogP contribution in [0.25, 0.3) is 11.1 Å². The number of pyridine rings is 1. The monoisotopic (exact) mass is 427 g/mol. The number of carbonyl (C=O) groups is 2. The highest BCUT2D eigenvalue weighted by Gasteiger charge is 2.36. The molecule has 1 aromatic carbocycles. The molecular weight excluding hydrogens is 407 g/mol. The van der Waals surface area contributed by atoms with Gasteiger partial charge in [0.2, 0.25) is 0 Å². The second-order valence-electron chi connectivity index (χ2n) is 5.93. The van der Waals surface area contributed by atoms with Crippen molar-refractivity contribution in [2.24, 2.45) is 0 Å². The lowest BCUT2D eigenvalue weighted by Crippen LogP contribution is -2.17. The van der Waals surface area contributed by atoms with Crippen LogP contribution >= 0.6 is 0 Å². The Hall–Kier alpha value is -3.30. The lowest BCUT2D eigenvalue weighted by atomic mass is 9.96. The Labute approximate surface area is 170 Å². The summed E-state index contributed by atoms with van der Waals surface area (Å²) in [6.07, 6.45) is -7.01. The van der Waals surface area contributed by atoms with E-state index >= 15 is 0 Å². The molecule has 1 heterocycles. The van der Waals surface area contributed by atoms with Gasteiger partial charge in [0.15, 0.2) is 11.5 Å². The van der Waals surface area contributed by atoms with Crippen molar-refractivity contribution in [3.63, 3.8) is 0 Å². The molecular formula is C20H20F3NO6. The third-order valence-electron chi connectivity index (χ3n) is 3.84. The van der Waals surface area contributed by atoms with Gasteiger partial charge in [0.25, 0.3) is 0 Å². The zero-order valence-corrected chi connectivity index (χ0v) is 16.8. The zero-order valence-electron chi connectivity index (χ0n) is 16.8. The number of nitrogens with zero attached hydrogens (tertiary/aromatic N) is 1.